The van der Waals surface area contributed by atoms with Gasteiger partial charge >= 0.3 is 0 Å². The van der Waals surface area contributed by atoms with Crippen LogP contribution < -0.4 is 5.32 Å². The molecule has 1 N–H and O–H groups in total. The van der Waals surface area contributed by atoms with Gasteiger partial charge in [0.25, 0.3) is 0 Å². The monoisotopic (exact) mass is 254 g/mol. The Morgan fingerprint density at radius 1 is 1.28 bits per heavy atom. The van der Waals surface area contributed by atoms with Crippen molar-refractivity contribution < 1.29 is 8.78 Å². The van der Waals surface area contributed by atoms with Crippen molar-refractivity contribution in [1.29, 1.82) is 0 Å². The molecule has 0 saturated carbocycles. The number of nitrogens with zero attached hydrogens (tertiary/aromatic N) is 1. The van der Waals surface area contributed by atoms with E-state index in [2.05, 4.69) is 24.1 Å². The lowest BCUT2D eigenvalue weighted by Gasteiger charge is -2.37. The topological polar surface area (TPSA) is 15.3 Å². The molecule has 1 heterocycles. The van der Waals surface area contributed by atoms with Gasteiger partial charge in [-0.1, -0.05) is 13.8 Å². The van der Waals surface area contributed by atoms with Crippen molar-refractivity contribution in [3.8, 4) is 0 Å². The zero-order valence-electron chi connectivity index (χ0n) is 10.9. The van der Waals surface area contributed by atoms with Crippen LogP contribution >= 0.6 is 0 Å². The molecule has 18 heavy (non-hydrogen) atoms. The Hall–Kier alpha value is -1.00. The van der Waals surface area contributed by atoms with Gasteiger partial charge in [-0.15, -0.1) is 0 Å². The molecular weight excluding hydrogens is 234 g/mol. The number of piperazine rings is 1. The van der Waals surface area contributed by atoms with E-state index >= 15 is 0 Å². The summed E-state index contributed by atoms with van der Waals surface area (Å²) in [6.07, 6.45) is 0. The Bertz CT molecular complexity index is 387. The van der Waals surface area contributed by atoms with Gasteiger partial charge in [-0.05, 0) is 23.6 Å². The number of hydrogen-bond donors (Lipinski definition) is 1. The van der Waals surface area contributed by atoms with Crippen molar-refractivity contribution >= 4 is 0 Å². The highest BCUT2D eigenvalue weighted by atomic mass is 19.1. The average Bonchev–Trinajstić information content (AvgIpc) is 2.27. The van der Waals surface area contributed by atoms with Gasteiger partial charge in [0, 0.05) is 38.3 Å². The van der Waals surface area contributed by atoms with E-state index in [9.17, 15) is 8.78 Å². The van der Waals surface area contributed by atoms with Gasteiger partial charge in [0.15, 0.2) is 0 Å². The second-order valence-corrected chi connectivity index (χ2v) is 5.31. The SMILES string of the molecule is CC(C)CN1CCNCC1c1cc(F)cc(F)c1. The van der Waals surface area contributed by atoms with E-state index < -0.39 is 11.6 Å². The number of rotatable bonds is 3. The molecule has 1 fully saturated rings. The van der Waals surface area contributed by atoms with Crippen LogP contribution in [0.1, 0.15) is 25.5 Å². The zero-order chi connectivity index (χ0) is 13.1. The third-order valence-corrected chi connectivity index (χ3v) is 3.22. The van der Waals surface area contributed by atoms with E-state index in [1.807, 2.05) is 0 Å². The van der Waals surface area contributed by atoms with Gasteiger partial charge in [0.1, 0.15) is 11.6 Å². The minimum absolute atomic E-state index is 0.0614. The Morgan fingerprint density at radius 3 is 2.56 bits per heavy atom. The molecule has 4 heteroatoms. The summed E-state index contributed by atoms with van der Waals surface area (Å²) in [4.78, 5) is 2.30. The lowest BCUT2D eigenvalue weighted by molar-refractivity contribution is 0.144. The largest absolute Gasteiger partial charge is 0.314 e. The second kappa shape index (κ2) is 5.76. The molecule has 1 aromatic carbocycles. The molecule has 2 rings (SSSR count). The van der Waals surface area contributed by atoms with Crippen LogP contribution in [0.3, 0.4) is 0 Å². The van der Waals surface area contributed by atoms with E-state index in [4.69, 9.17) is 0 Å². The summed E-state index contributed by atoms with van der Waals surface area (Å²) in [5, 5.41) is 3.29. The van der Waals surface area contributed by atoms with Crippen LogP contribution in [-0.4, -0.2) is 31.1 Å². The summed E-state index contributed by atoms with van der Waals surface area (Å²) < 4.78 is 26.6. The molecule has 2 nitrogen and oxygen atoms in total. The van der Waals surface area contributed by atoms with Gasteiger partial charge in [-0.3, -0.25) is 4.90 Å². The zero-order valence-corrected chi connectivity index (χ0v) is 10.9. The number of nitrogens with one attached hydrogen (secondary N) is 1. The molecule has 0 radical (unpaired) electrons. The highest BCUT2D eigenvalue weighted by Gasteiger charge is 2.24. The minimum Gasteiger partial charge on any atom is -0.314 e. The first kappa shape index (κ1) is 13.4. The molecule has 0 aromatic heterocycles. The third-order valence-electron chi connectivity index (χ3n) is 3.22. The first-order valence-corrected chi connectivity index (χ1v) is 6.47. The van der Waals surface area contributed by atoms with Gasteiger partial charge in [-0.2, -0.15) is 0 Å². The maximum absolute atomic E-state index is 13.3. The van der Waals surface area contributed by atoms with Gasteiger partial charge in [-0.25, -0.2) is 8.78 Å². The maximum Gasteiger partial charge on any atom is 0.126 e. The molecule has 1 unspecified atom stereocenters. The standard InChI is InChI=1S/C14H20F2N2/c1-10(2)9-18-4-3-17-8-14(18)11-5-12(15)7-13(16)6-11/h5-7,10,14,17H,3-4,8-9H2,1-2H3. The van der Waals surface area contributed by atoms with Crippen molar-refractivity contribution in [1.82, 2.24) is 10.2 Å². The fourth-order valence-electron chi connectivity index (χ4n) is 2.53. The molecule has 0 amide bonds. The first-order valence-electron chi connectivity index (χ1n) is 6.47. The summed E-state index contributed by atoms with van der Waals surface area (Å²) >= 11 is 0. The quantitative estimate of drug-likeness (QED) is 0.892. The normalized spacial score (nSPS) is 21.5. The molecule has 0 spiro atoms. The molecule has 1 aliphatic rings. The molecule has 1 atom stereocenters. The first-order chi connectivity index (χ1) is 8.56. The van der Waals surface area contributed by atoms with Crippen LogP contribution in [0.25, 0.3) is 0 Å². The number of benzene rings is 1. The van der Waals surface area contributed by atoms with E-state index in [1.54, 1.807) is 0 Å². The third kappa shape index (κ3) is 3.27. The fraction of sp³-hybridized carbons (Fsp3) is 0.571. The van der Waals surface area contributed by atoms with Gasteiger partial charge in [0.05, 0.1) is 0 Å². The summed E-state index contributed by atoms with van der Waals surface area (Å²) in [5.41, 5.74) is 0.723. The van der Waals surface area contributed by atoms with Crippen molar-refractivity contribution in [2.45, 2.75) is 19.9 Å². The highest BCUT2D eigenvalue weighted by molar-refractivity contribution is 5.22. The predicted molar refractivity (Wildman–Crippen MR) is 68.4 cm³/mol. The summed E-state index contributed by atoms with van der Waals surface area (Å²) in [5.74, 6) is -0.454. The van der Waals surface area contributed by atoms with E-state index in [-0.39, 0.29) is 6.04 Å². The average molecular weight is 254 g/mol. The molecule has 1 aliphatic heterocycles. The minimum atomic E-state index is -0.500. The van der Waals surface area contributed by atoms with Crippen LogP contribution in [0.5, 0.6) is 0 Å². The molecule has 0 bridgehead atoms. The fourth-order valence-corrected chi connectivity index (χ4v) is 2.53. The number of halogens is 2. The maximum atomic E-state index is 13.3. The van der Waals surface area contributed by atoms with Crippen LogP contribution in [-0.2, 0) is 0 Å². The highest BCUT2D eigenvalue weighted by Crippen LogP contribution is 2.24. The molecule has 1 saturated heterocycles. The van der Waals surface area contributed by atoms with Crippen LogP contribution in [0.4, 0.5) is 8.78 Å². The Kier molecular flexibility index (Phi) is 4.30. The Balaban J connectivity index is 2.21. The summed E-state index contributed by atoms with van der Waals surface area (Å²) in [7, 11) is 0. The lowest BCUT2D eigenvalue weighted by atomic mass is 10.0. The molecule has 100 valence electrons. The summed E-state index contributed by atoms with van der Waals surface area (Å²) in [6.45, 7) is 7.86. The van der Waals surface area contributed by atoms with E-state index in [0.29, 0.717) is 5.92 Å². The van der Waals surface area contributed by atoms with Gasteiger partial charge in [0.2, 0.25) is 0 Å². The molecule has 1 aromatic rings. The lowest BCUT2D eigenvalue weighted by Crippen LogP contribution is -2.47. The second-order valence-electron chi connectivity index (χ2n) is 5.31. The van der Waals surface area contributed by atoms with E-state index in [1.165, 1.54) is 12.1 Å². The predicted octanol–water partition coefficient (Wildman–Crippen LogP) is 2.57. The van der Waals surface area contributed by atoms with Crippen LogP contribution in [0.15, 0.2) is 18.2 Å². The summed E-state index contributed by atoms with van der Waals surface area (Å²) in [6, 6.07) is 3.86. The Labute approximate surface area is 107 Å². The van der Waals surface area contributed by atoms with Crippen molar-refractivity contribution in [2.75, 3.05) is 26.2 Å². The smallest absolute Gasteiger partial charge is 0.126 e. The van der Waals surface area contributed by atoms with Crippen molar-refractivity contribution in [3.05, 3.63) is 35.4 Å². The molecule has 0 aliphatic carbocycles. The van der Waals surface area contributed by atoms with Crippen molar-refractivity contribution in [2.24, 2.45) is 5.92 Å². The van der Waals surface area contributed by atoms with Crippen LogP contribution in [0, 0.1) is 17.6 Å². The van der Waals surface area contributed by atoms with Crippen molar-refractivity contribution in [3.63, 3.8) is 0 Å². The van der Waals surface area contributed by atoms with E-state index in [0.717, 1.165) is 37.8 Å². The van der Waals surface area contributed by atoms with Gasteiger partial charge < -0.3 is 5.32 Å². The van der Waals surface area contributed by atoms with Crippen LogP contribution in [0.2, 0.25) is 0 Å². The number of hydrogen-bond acceptors (Lipinski definition) is 2. The molecular formula is C14H20F2N2. The Morgan fingerprint density at radius 2 is 1.94 bits per heavy atom.